The molecule has 0 unspecified atom stereocenters. The lowest BCUT2D eigenvalue weighted by Gasteiger charge is -2.12. The number of ether oxygens (including phenoxy) is 1. The summed E-state index contributed by atoms with van der Waals surface area (Å²) in [6.07, 6.45) is 2.92. The zero-order valence-corrected chi connectivity index (χ0v) is 10.2. The van der Waals surface area contributed by atoms with Gasteiger partial charge in [-0.05, 0) is 37.0 Å². The number of methoxy groups -OCH3 is 1. The molecule has 0 heterocycles. The molecule has 15 heavy (non-hydrogen) atoms. The van der Waals surface area contributed by atoms with Crippen molar-refractivity contribution in [2.45, 2.75) is 24.8 Å². The highest BCUT2D eigenvalue weighted by Gasteiger charge is 2.38. The predicted octanol–water partition coefficient (Wildman–Crippen LogP) is 2.20. The van der Waals surface area contributed by atoms with E-state index in [-0.39, 0.29) is 11.3 Å². The first-order chi connectivity index (χ1) is 7.04. The van der Waals surface area contributed by atoms with Gasteiger partial charge in [0, 0.05) is 10.0 Å². The predicted molar refractivity (Wildman–Crippen MR) is 62.2 cm³/mol. The summed E-state index contributed by atoms with van der Waals surface area (Å²) in [5.41, 5.74) is 7.02. The van der Waals surface area contributed by atoms with E-state index in [1.807, 2.05) is 0 Å². The van der Waals surface area contributed by atoms with E-state index in [0.717, 1.165) is 29.3 Å². The van der Waals surface area contributed by atoms with Crippen LogP contribution in [0.15, 0.2) is 16.6 Å². The normalized spacial score (nSPS) is 17.5. The van der Waals surface area contributed by atoms with Crippen LogP contribution in [0.25, 0.3) is 0 Å². The standard InChI is InChI=1S/C11H14BrNO2/c1-15-10-5-8(12)7(4-9(10)14)6-11(13)2-3-11/h4-5,14H,2-3,6,13H2,1H3. The van der Waals surface area contributed by atoms with E-state index in [9.17, 15) is 5.11 Å². The van der Waals surface area contributed by atoms with Gasteiger partial charge in [0.15, 0.2) is 11.5 Å². The molecule has 3 N–H and O–H groups in total. The van der Waals surface area contributed by atoms with Crippen LogP contribution in [0.2, 0.25) is 0 Å². The van der Waals surface area contributed by atoms with Crippen molar-refractivity contribution in [2.75, 3.05) is 7.11 Å². The molecule has 1 fully saturated rings. The Morgan fingerprint density at radius 1 is 1.53 bits per heavy atom. The van der Waals surface area contributed by atoms with E-state index in [4.69, 9.17) is 10.5 Å². The van der Waals surface area contributed by atoms with Crippen molar-refractivity contribution in [3.63, 3.8) is 0 Å². The van der Waals surface area contributed by atoms with Gasteiger partial charge in [0.25, 0.3) is 0 Å². The molecular weight excluding hydrogens is 258 g/mol. The van der Waals surface area contributed by atoms with Gasteiger partial charge in [-0.15, -0.1) is 0 Å². The molecule has 1 aliphatic carbocycles. The van der Waals surface area contributed by atoms with Gasteiger partial charge in [0.2, 0.25) is 0 Å². The zero-order valence-electron chi connectivity index (χ0n) is 8.59. The molecule has 0 saturated heterocycles. The summed E-state index contributed by atoms with van der Waals surface area (Å²) in [6, 6.07) is 3.49. The van der Waals surface area contributed by atoms with E-state index in [0.29, 0.717) is 5.75 Å². The third kappa shape index (κ3) is 2.26. The molecule has 0 bridgehead atoms. The third-order valence-electron chi connectivity index (χ3n) is 2.78. The molecule has 3 nitrogen and oxygen atoms in total. The highest BCUT2D eigenvalue weighted by atomic mass is 79.9. The van der Waals surface area contributed by atoms with Gasteiger partial charge in [-0.2, -0.15) is 0 Å². The number of phenolic OH excluding ortho intramolecular Hbond substituents is 1. The smallest absolute Gasteiger partial charge is 0.161 e. The molecule has 0 aliphatic heterocycles. The monoisotopic (exact) mass is 271 g/mol. The van der Waals surface area contributed by atoms with Gasteiger partial charge < -0.3 is 15.6 Å². The summed E-state index contributed by atoms with van der Waals surface area (Å²) in [5, 5.41) is 9.65. The first-order valence-corrected chi connectivity index (χ1v) is 5.68. The second kappa shape index (κ2) is 3.68. The Hall–Kier alpha value is -0.740. The van der Waals surface area contributed by atoms with Crippen LogP contribution >= 0.6 is 15.9 Å². The van der Waals surface area contributed by atoms with Crippen molar-refractivity contribution in [3.8, 4) is 11.5 Å². The van der Waals surface area contributed by atoms with Crippen LogP contribution in [0.1, 0.15) is 18.4 Å². The molecule has 0 atom stereocenters. The Labute approximate surface area is 97.4 Å². The van der Waals surface area contributed by atoms with Crippen molar-refractivity contribution in [1.29, 1.82) is 0 Å². The van der Waals surface area contributed by atoms with Gasteiger partial charge >= 0.3 is 0 Å². The van der Waals surface area contributed by atoms with Gasteiger partial charge in [-0.25, -0.2) is 0 Å². The maximum absolute atomic E-state index is 9.65. The van der Waals surface area contributed by atoms with Crippen LogP contribution in [0.4, 0.5) is 0 Å². The molecule has 2 rings (SSSR count). The number of nitrogens with two attached hydrogens (primary N) is 1. The van der Waals surface area contributed by atoms with Crippen LogP contribution in [0, 0.1) is 0 Å². The fraction of sp³-hybridized carbons (Fsp3) is 0.455. The summed E-state index contributed by atoms with van der Waals surface area (Å²) in [6.45, 7) is 0. The number of rotatable bonds is 3. The lowest BCUT2D eigenvalue weighted by Crippen LogP contribution is -2.24. The molecule has 0 aromatic heterocycles. The summed E-state index contributed by atoms with van der Waals surface area (Å²) in [4.78, 5) is 0. The molecule has 1 aromatic carbocycles. The van der Waals surface area contributed by atoms with Crippen LogP contribution < -0.4 is 10.5 Å². The van der Waals surface area contributed by atoms with Crippen LogP contribution in [-0.2, 0) is 6.42 Å². The fourth-order valence-corrected chi connectivity index (χ4v) is 2.06. The van der Waals surface area contributed by atoms with Gasteiger partial charge in [0.05, 0.1) is 7.11 Å². The molecule has 1 aliphatic rings. The molecule has 0 spiro atoms. The zero-order chi connectivity index (χ0) is 11.1. The highest BCUT2D eigenvalue weighted by Crippen LogP contribution is 2.40. The summed E-state index contributed by atoms with van der Waals surface area (Å²) >= 11 is 3.46. The maximum atomic E-state index is 9.65. The average Bonchev–Trinajstić information content (AvgIpc) is 2.89. The van der Waals surface area contributed by atoms with E-state index in [1.54, 1.807) is 12.1 Å². The van der Waals surface area contributed by atoms with Crippen LogP contribution in [-0.4, -0.2) is 17.8 Å². The third-order valence-corrected chi connectivity index (χ3v) is 3.52. The Morgan fingerprint density at radius 2 is 2.20 bits per heavy atom. The number of phenols is 1. The van der Waals surface area contributed by atoms with Crippen molar-refractivity contribution in [3.05, 3.63) is 22.2 Å². The first kappa shape index (κ1) is 10.8. The summed E-state index contributed by atoms with van der Waals surface area (Å²) in [5.74, 6) is 0.646. The van der Waals surface area contributed by atoms with Crippen molar-refractivity contribution < 1.29 is 9.84 Å². The Kier molecular flexibility index (Phi) is 2.64. The number of benzene rings is 1. The Balaban J connectivity index is 2.28. The average molecular weight is 272 g/mol. The van der Waals surface area contributed by atoms with Crippen LogP contribution in [0.5, 0.6) is 11.5 Å². The van der Waals surface area contributed by atoms with Crippen LogP contribution in [0.3, 0.4) is 0 Å². The lowest BCUT2D eigenvalue weighted by molar-refractivity contribution is 0.372. The second-order valence-corrected chi connectivity index (χ2v) is 5.01. The van der Waals surface area contributed by atoms with Crippen molar-refractivity contribution >= 4 is 15.9 Å². The quantitative estimate of drug-likeness (QED) is 0.886. The SMILES string of the molecule is COc1cc(Br)c(CC2(N)CC2)cc1O. The molecule has 82 valence electrons. The number of aromatic hydroxyl groups is 1. The minimum absolute atomic E-state index is 0.0520. The number of halogens is 1. The Bertz CT molecular complexity index is 388. The molecule has 1 aromatic rings. The Morgan fingerprint density at radius 3 is 2.73 bits per heavy atom. The highest BCUT2D eigenvalue weighted by molar-refractivity contribution is 9.10. The van der Waals surface area contributed by atoms with E-state index in [2.05, 4.69) is 15.9 Å². The molecule has 0 radical (unpaired) electrons. The first-order valence-electron chi connectivity index (χ1n) is 4.88. The molecule has 4 heteroatoms. The van der Waals surface area contributed by atoms with Crippen molar-refractivity contribution in [1.82, 2.24) is 0 Å². The summed E-state index contributed by atoms with van der Waals surface area (Å²) in [7, 11) is 1.53. The second-order valence-electron chi connectivity index (χ2n) is 4.15. The lowest BCUT2D eigenvalue weighted by atomic mass is 10.0. The molecule has 0 amide bonds. The maximum Gasteiger partial charge on any atom is 0.161 e. The van der Waals surface area contributed by atoms with E-state index < -0.39 is 0 Å². The van der Waals surface area contributed by atoms with Gasteiger partial charge in [-0.3, -0.25) is 0 Å². The largest absolute Gasteiger partial charge is 0.504 e. The molecular formula is C11H14BrNO2. The molecule has 1 saturated carbocycles. The summed E-state index contributed by atoms with van der Waals surface area (Å²) < 4.78 is 5.95. The number of hydrogen-bond donors (Lipinski definition) is 2. The van der Waals surface area contributed by atoms with Crippen molar-refractivity contribution in [2.24, 2.45) is 5.73 Å². The minimum atomic E-state index is -0.0520. The van der Waals surface area contributed by atoms with Gasteiger partial charge in [-0.1, -0.05) is 15.9 Å². The van der Waals surface area contributed by atoms with Gasteiger partial charge in [0.1, 0.15) is 0 Å². The number of hydrogen-bond acceptors (Lipinski definition) is 3. The topological polar surface area (TPSA) is 55.5 Å². The fourth-order valence-electron chi connectivity index (χ4n) is 1.60. The van der Waals surface area contributed by atoms with E-state index >= 15 is 0 Å². The minimum Gasteiger partial charge on any atom is -0.504 e. The van der Waals surface area contributed by atoms with E-state index in [1.165, 1.54) is 7.11 Å².